The van der Waals surface area contributed by atoms with E-state index in [0.29, 0.717) is 31.8 Å². The van der Waals surface area contributed by atoms with Crippen LogP contribution < -0.4 is 16.2 Å². The van der Waals surface area contributed by atoms with Crippen LogP contribution in [-0.4, -0.2) is 46.3 Å². The molecule has 2 aromatic rings. The van der Waals surface area contributed by atoms with E-state index < -0.39 is 0 Å². The molecule has 0 radical (unpaired) electrons. The molecule has 1 aliphatic heterocycles. The Balaban J connectivity index is 0.00000156. The van der Waals surface area contributed by atoms with Crippen LogP contribution in [-0.2, 0) is 16.1 Å². The zero-order valence-corrected chi connectivity index (χ0v) is 15.8. The zero-order chi connectivity index (χ0) is 16.4. The Morgan fingerprint density at radius 1 is 1.44 bits per heavy atom. The van der Waals surface area contributed by atoms with Gasteiger partial charge in [0.25, 0.3) is 5.56 Å². The molecule has 1 aliphatic rings. The van der Waals surface area contributed by atoms with Gasteiger partial charge in [-0.3, -0.25) is 14.7 Å². The molecule has 3 rings (SSSR count). The number of amides is 1. The van der Waals surface area contributed by atoms with Crippen molar-refractivity contribution >= 4 is 36.4 Å². The van der Waals surface area contributed by atoms with Crippen molar-refractivity contribution in [3.05, 3.63) is 33.4 Å². The number of morpholine rings is 1. The number of halogens is 2. The molecule has 1 atom stereocenters. The summed E-state index contributed by atoms with van der Waals surface area (Å²) in [5.41, 5.74) is 2.98. The van der Waals surface area contributed by atoms with Gasteiger partial charge in [0.2, 0.25) is 5.91 Å². The zero-order valence-electron chi connectivity index (χ0n) is 14.1. The van der Waals surface area contributed by atoms with Gasteiger partial charge >= 0.3 is 0 Å². The minimum atomic E-state index is -0.190. The molecule has 1 amide bonds. The summed E-state index contributed by atoms with van der Waals surface area (Å²) in [5.74, 6) is -0.0344. The summed E-state index contributed by atoms with van der Waals surface area (Å²) >= 11 is 0. The molecule has 0 aliphatic carbocycles. The van der Waals surface area contributed by atoms with Crippen LogP contribution in [0.5, 0.6) is 0 Å². The van der Waals surface area contributed by atoms with E-state index in [1.54, 1.807) is 4.52 Å². The molecule has 0 spiro atoms. The summed E-state index contributed by atoms with van der Waals surface area (Å²) in [6.45, 7) is 6.18. The molecule has 0 bridgehead atoms. The largest absolute Gasteiger partial charge is 0.378 e. The Labute approximate surface area is 157 Å². The van der Waals surface area contributed by atoms with Gasteiger partial charge in [-0.15, -0.1) is 24.8 Å². The van der Waals surface area contributed by atoms with Gasteiger partial charge in [0.1, 0.15) is 0 Å². The highest BCUT2D eigenvalue weighted by Crippen LogP contribution is 2.13. The van der Waals surface area contributed by atoms with E-state index in [1.807, 2.05) is 13.8 Å². The number of aryl methyl sites for hydroxylation is 2. The molecule has 1 unspecified atom stereocenters. The lowest BCUT2D eigenvalue weighted by Crippen LogP contribution is -2.44. The molecule has 1 saturated heterocycles. The molecular weight excluding hydrogens is 369 g/mol. The first-order chi connectivity index (χ1) is 11.0. The molecule has 25 heavy (non-hydrogen) atoms. The monoisotopic (exact) mass is 391 g/mol. The number of carbonyl (C=O) groups excluding carboxylic acids is 1. The van der Waals surface area contributed by atoms with Crippen LogP contribution >= 0.6 is 24.8 Å². The van der Waals surface area contributed by atoms with Gasteiger partial charge in [-0.2, -0.15) is 0 Å². The molecule has 0 aromatic carbocycles. The highest BCUT2D eigenvalue weighted by molar-refractivity contribution is 5.85. The summed E-state index contributed by atoms with van der Waals surface area (Å²) < 4.78 is 6.99. The minimum absolute atomic E-state index is 0. The third-order valence-electron chi connectivity index (χ3n) is 4.10. The van der Waals surface area contributed by atoms with Crippen molar-refractivity contribution in [1.29, 1.82) is 0 Å². The standard InChI is InChI=1S/C15H21N5O3.2ClH/c1-9-12(10(2)20-13(18-9)6-15(22)19-20)7-17-14(21)5-11-8-23-4-3-16-11;;/h6,11,16H,3-5,7-8H2,1-2H3,(H,17,21)(H,19,22);2*1H. The first-order valence-electron chi connectivity index (χ1n) is 7.70. The molecule has 8 nitrogen and oxygen atoms in total. The third kappa shape index (κ3) is 4.94. The summed E-state index contributed by atoms with van der Waals surface area (Å²) in [6, 6.07) is 1.52. The normalized spacial score (nSPS) is 16.8. The number of H-pyrrole nitrogens is 1. The molecule has 1 fully saturated rings. The Morgan fingerprint density at radius 2 is 2.20 bits per heavy atom. The number of carbonyl (C=O) groups is 1. The number of aromatic nitrogens is 3. The van der Waals surface area contributed by atoms with Crippen LogP contribution in [0.1, 0.15) is 23.4 Å². The van der Waals surface area contributed by atoms with Gasteiger partial charge < -0.3 is 15.4 Å². The fourth-order valence-corrected chi connectivity index (χ4v) is 2.85. The van der Waals surface area contributed by atoms with Crippen molar-refractivity contribution in [3.8, 4) is 0 Å². The van der Waals surface area contributed by atoms with Crippen LogP contribution in [0, 0.1) is 13.8 Å². The maximum Gasteiger partial charge on any atom is 0.266 e. The van der Waals surface area contributed by atoms with Gasteiger partial charge in [0.15, 0.2) is 5.65 Å². The average Bonchev–Trinajstić information content (AvgIpc) is 2.88. The number of nitrogens with one attached hydrogen (secondary N) is 3. The van der Waals surface area contributed by atoms with Crippen LogP contribution in [0.4, 0.5) is 0 Å². The second-order valence-electron chi connectivity index (χ2n) is 5.78. The molecule has 3 N–H and O–H groups in total. The fraction of sp³-hybridized carbons (Fsp3) is 0.533. The maximum absolute atomic E-state index is 12.1. The summed E-state index contributed by atoms with van der Waals surface area (Å²) in [6.07, 6.45) is 0.383. The van der Waals surface area contributed by atoms with Gasteiger partial charge in [-0.05, 0) is 13.8 Å². The van der Waals surface area contributed by atoms with Crippen molar-refractivity contribution in [3.63, 3.8) is 0 Å². The van der Waals surface area contributed by atoms with E-state index in [-0.39, 0.29) is 42.3 Å². The van der Waals surface area contributed by atoms with Crippen molar-refractivity contribution in [2.75, 3.05) is 19.8 Å². The Morgan fingerprint density at radius 3 is 2.88 bits per heavy atom. The average molecular weight is 392 g/mol. The highest BCUT2D eigenvalue weighted by Gasteiger charge is 2.17. The Kier molecular flexibility index (Phi) is 7.88. The third-order valence-corrected chi connectivity index (χ3v) is 4.10. The van der Waals surface area contributed by atoms with Crippen LogP contribution in [0.25, 0.3) is 5.65 Å². The van der Waals surface area contributed by atoms with Crippen LogP contribution in [0.3, 0.4) is 0 Å². The quantitative estimate of drug-likeness (QED) is 0.703. The Hall–Kier alpha value is -1.61. The smallest absolute Gasteiger partial charge is 0.266 e. The van der Waals surface area contributed by atoms with Crippen molar-refractivity contribution in [2.45, 2.75) is 32.9 Å². The van der Waals surface area contributed by atoms with Crippen molar-refractivity contribution in [2.24, 2.45) is 0 Å². The van der Waals surface area contributed by atoms with E-state index >= 15 is 0 Å². The van der Waals surface area contributed by atoms with Crippen molar-refractivity contribution in [1.82, 2.24) is 25.2 Å². The van der Waals surface area contributed by atoms with Gasteiger partial charge in [0.05, 0.1) is 13.2 Å². The topological polar surface area (TPSA) is 101 Å². The van der Waals surface area contributed by atoms with E-state index in [1.165, 1.54) is 6.07 Å². The summed E-state index contributed by atoms with van der Waals surface area (Å²) in [7, 11) is 0. The van der Waals surface area contributed by atoms with Gasteiger partial charge in [0, 0.05) is 48.6 Å². The second-order valence-corrected chi connectivity index (χ2v) is 5.78. The second kappa shape index (κ2) is 9.19. The predicted octanol–water partition coefficient (Wildman–Crippen LogP) is 0.478. The lowest BCUT2D eigenvalue weighted by Gasteiger charge is -2.23. The molecule has 3 heterocycles. The SMILES string of the molecule is Cc1nc2cc(=O)[nH]n2c(C)c1CNC(=O)CC1COCCN1.Cl.Cl. The molecule has 10 heteroatoms. The maximum atomic E-state index is 12.1. The predicted molar refractivity (Wildman–Crippen MR) is 98.9 cm³/mol. The highest BCUT2D eigenvalue weighted by atomic mass is 35.5. The van der Waals surface area contributed by atoms with E-state index in [9.17, 15) is 9.59 Å². The van der Waals surface area contributed by atoms with E-state index in [2.05, 4.69) is 20.7 Å². The number of aromatic amines is 1. The summed E-state index contributed by atoms with van der Waals surface area (Å²) in [5, 5.41) is 8.88. The molecule has 2 aromatic heterocycles. The number of nitrogens with zero attached hydrogens (tertiary/aromatic N) is 2. The number of hydrogen-bond donors (Lipinski definition) is 3. The number of ether oxygens (including phenoxy) is 1. The molecule has 0 saturated carbocycles. The van der Waals surface area contributed by atoms with Crippen molar-refractivity contribution < 1.29 is 9.53 Å². The Bertz CT molecular complexity index is 783. The first-order valence-corrected chi connectivity index (χ1v) is 7.70. The molecular formula is C15H23Cl2N5O3. The fourth-order valence-electron chi connectivity index (χ4n) is 2.85. The minimum Gasteiger partial charge on any atom is -0.378 e. The number of hydrogen-bond acceptors (Lipinski definition) is 5. The van der Waals surface area contributed by atoms with E-state index in [0.717, 1.165) is 23.5 Å². The summed E-state index contributed by atoms with van der Waals surface area (Å²) in [4.78, 5) is 27.9. The lowest BCUT2D eigenvalue weighted by molar-refractivity contribution is -0.122. The van der Waals surface area contributed by atoms with Crippen LogP contribution in [0.2, 0.25) is 0 Å². The van der Waals surface area contributed by atoms with E-state index in [4.69, 9.17) is 4.74 Å². The number of fused-ring (bicyclic) bond motifs is 1. The van der Waals surface area contributed by atoms with Gasteiger partial charge in [-0.1, -0.05) is 0 Å². The van der Waals surface area contributed by atoms with Gasteiger partial charge in [-0.25, -0.2) is 9.50 Å². The molecule has 140 valence electrons. The van der Waals surface area contributed by atoms with Crippen LogP contribution in [0.15, 0.2) is 10.9 Å². The number of rotatable bonds is 4. The first kappa shape index (κ1) is 21.4. The lowest BCUT2D eigenvalue weighted by atomic mass is 10.1.